The van der Waals surface area contributed by atoms with Gasteiger partial charge < -0.3 is 23.7 Å². The molecule has 2 amide bonds. The molecular formula is C38H45N7O3. The molecule has 3 fully saturated rings. The van der Waals surface area contributed by atoms with E-state index in [0.717, 1.165) is 73.7 Å². The first-order valence-electron chi connectivity index (χ1n) is 17.5. The SMILES string of the molecule is CC[C@@H]1CCCN(C(=O)c2cc(OC)c3c(c2)nc(-c2cc4cccc(C5CN(C(C)=O)C5)c4n2CC2CC2)n3Cc2cnn(C)c2)C1. The summed E-state index contributed by atoms with van der Waals surface area (Å²) in [6.07, 6.45) is 9.69. The molecular weight excluding hydrogens is 602 g/mol. The Bertz CT molecular complexity index is 2030. The highest BCUT2D eigenvalue weighted by Gasteiger charge is 2.34. The van der Waals surface area contributed by atoms with Gasteiger partial charge in [0.05, 0.1) is 36.6 Å². The first kappa shape index (κ1) is 30.7. The molecule has 8 rings (SSSR count). The maximum atomic E-state index is 13.9. The van der Waals surface area contributed by atoms with Crippen molar-refractivity contribution < 1.29 is 14.3 Å². The van der Waals surface area contributed by atoms with Crippen LogP contribution in [0.4, 0.5) is 0 Å². The number of para-hydroxylation sites is 1. The quantitative estimate of drug-likeness (QED) is 0.194. The third kappa shape index (κ3) is 5.44. The summed E-state index contributed by atoms with van der Waals surface area (Å²) in [6, 6.07) is 12.7. The molecule has 10 heteroatoms. The number of aromatic nitrogens is 5. The number of rotatable bonds is 9. The van der Waals surface area contributed by atoms with Gasteiger partial charge in [0.1, 0.15) is 11.3 Å². The number of carbonyl (C=O) groups is 2. The Morgan fingerprint density at radius 1 is 0.979 bits per heavy atom. The fourth-order valence-electron chi connectivity index (χ4n) is 7.91. The monoisotopic (exact) mass is 647 g/mol. The number of aryl methyl sites for hydroxylation is 1. The predicted molar refractivity (Wildman–Crippen MR) is 186 cm³/mol. The Morgan fingerprint density at radius 2 is 1.81 bits per heavy atom. The third-order valence-corrected chi connectivity index (χ3v) is 10.8. The Balaban J connectivity index is 1.29. The van der Waals surface area contributed by atoms with Crippen molar-refractivity contribution in [1.82, 2.24) is 33.7 Å². The number of methoxy groups -OCH3 is 1. The minimum Gasteiger partial charge on any atom is -0.494 e. The number of hydrogen-bond acceptors (Lipinski definition) is 5. The minimum atomic E-state index is 0.0456. The first-order chi connectivity index (χ1) is 23.3. The number of imidazole rings is 1. The standard InChI is InChI=1S/C38H45N7O3/c1-5-25-8-7-13-42(19-25)38(47)29-14-32-36(34(16-29)48-4)45(21-27-17-39-41(3)18-27)37(40-32)33-15-28-9-6-10-31(30-22-43(23-30)24(2)46)35(28)44(33)20-26-11-12-26/h6,9-10,14-18,25-26,30H,5,7-8,11-13,19-23H2,1-4H3/t25-/m1/s1. The van der Waals surface area contributed by atoms with Crippen LogP contribution in [0.1, 0.15) is 73.4 Å². The highest BCUT2D eigenvalue weighted by Crippen LogP contribution is 2.41. The normalized spacial score (nSPS) is 18.5. The second kappa shape index (κ2) is 12.1. The molecule has 0 radical (unpaired) electrons. The fourth-order valence-corrected chi connectivity index (χ4v) is 7.91. The van der Waals surface area contributed by atoms with Crippen molar-refractivity contribution in [3.63, 3.8) is 0 Å². The molecule has 3 aromatic heterocycles. The summed E-state index contributed by atoms with van der Waals surface area (Å²) in [6.45, 7) is 8.42. The van der Waals surface area contributed by atoms with E-state index in [-0.39, 0.29) is 11.8 Å². The van der Waals surface area contributed by atoms with Crippen molar-refractivity contribution in [2.24, 2.45) is 18.9 Å². The second-order valence-electron chi connectivity index (χ2n) is 14.2. The highest BCUT2D eigenvalue weighted by atomic mass is 16.5. The summed E-state index contributed by atoms with van der Waals surface area (Å²) >= 11 is 0. The van der Waals surface area contributed by atoms with Gasteiger partial charge in [-0.15, -0.1) is 0 Å². The lowest BCUT2D eigenvalue weighted by Crippen LogP contribution is -2.47. The topological polar surface area (TPSA) is 90.4 Å². The van der Waals surface area contributed by atoms with E-state index < -0.39 is 0 Å². The van der Waals surface area contributed by atoms with Crippen molar-refractivity contribution in [2.75, 3.05) is 33.3 Å². The number of hydrogen-bond donors (Lipinski definition) is 0. The van der Waals surface area contributed by atoms with Gasteiger partial charge in [-0.25, -0.2) is 4.98 Å². The Morgan fingerprint density at radius 3 is 2.52 bits per heavy atom. The van der Waals surface area contributed by atoms with Crippen molar-refractivity contribution in [1.29, 1.82) is 0 Å². The Hall–Kier alpha value is -4.60. The van der Waals surface area contributed by atoms with E-state index in [0.29, 0.717) is 35.6 Å². The summed E-state index contributed by atoms with van der Waals surface area (Å²) in [5.41, 5.74) is 6.90. The van der Waals surface area contributed by atoms with Crippen LogP contribution in [0.25, 0.3) is 33.5 Å². The summed E-state index contributed by atoms with van der Waals surface area (Å²) in [5, 5.41) is 5.64. The van der Waals surface area contributed by atoms with Crippen molar-refractivity contribution >= 4 is 33.8 Å². The minimum absolute atomic E-state index is 0.0456. The molecule has 0 N–H and O–H groups in total. The number of amides is 2. The van der Waals surface area contributed by atoms with Crippen molar-refractivity contribution in [3.8, 4) is 17.3 Å². The van der Waals surface area contributed by atoms with E-state index in [1.165, 1.54) is 35.7 Å². The molecule has 1 saturated carbocycles. The van der Waals surface area contributed by atoms with Crippen LogP contribution in [0, 0.1) is 11.8 Å². The maximum Gasteiger partial charge on any atom is 0.254 e. The molecule has 2 aromatic carbocycles. The zero-order valence-corrected chi connectivity index (χ0v) is 28.5. The molecule has 10 nitrogen and oxygen atoms in total. The molecule has 2 saturated heterocycles. The van der Waals surface area contributed by atoms with Gasteiger partial charge in [0, 0.05) is 75.3 Å². The fraction of sp³-hybridized carbons (Fsp3) is 0.474. The first-order valence-corrected chi connectivity index (χ1v) is 17.5. The van der Waals surface area contributed by atoms with Crippen LogP contribution in [0.3, 0.4) is 0 Å². The average Bonchev–Trinajstić information content (AvgIpc) is 3.51. The van der Waals surface area contributed by atoms with Gasteiger partial charge in [-0.3, -0.25) is 14.3 Å². The largest absolute Gasteiger partial charge is 0.494 e. The number of nitrogens with zero attached hydrogens (tertiary/aromatic N) is 7. The van der Waals surface area contributed by atoms with Gasteiger partial charge in [0.2, 0.25) is 5.91 Å². The van der Waals surface area contributed by atoms with Crippen LogP contribution in [-0.2, 0) is 24.9 Å². The van der Waals surface area contributed by atoms with Gasteiger partial charge >= 0.3 is 0 Å². The number of ether oxygens (including phenoxy) is 1. The van der Waals surface area contributed by atoms with Crippen LogP contribution in [-0.4, -0.2) is 78.8 Å². The Kier molecular flexibility index (Phi) is 7.76. The molecule has 5 heterocycles. The molecule has 0 bridgehead atoms. The van der Waals surface area contributed by atoms with Crippen LogP contribution < -0.4 is 4.74 Å². The van der Waals surface area contributed by atoms with Crippen molar-refractivity contribution in [3.05, 3.63) is 65.5 Å². The van der Waals surface area contributed by atoms with Crippen LogP contribution in [0.5, 0.6) is 5.75 Å². The summed E-state index contributed by atoms with van der Waals surface area (Å²) in [4.78, 5) is 35.3. The van der Waals surface area contributed by atoms with E-state index in [2.05, 4.69) is 45.4 Å². The molecule has 0 unspecified atom stereocenters. The van der Waals surface area contributed by atoms with E-state index in [1.54, 1.807) is 14.0 Å². The van der Waals surface area contributed by atoms with E-state index in [9.17, 15) is 9.59 Å². The van der Waals surface area contributed by atoms with Gasteiger partial charge in [0.25, 0.3) is 5.91 Å². The molecule has 48 heavy (non-hydrogen) atoms. The lowest BCUT2D eigenvalue weighted by molar-refractivity contribution is -0.133. The second-order valence-corrected chi connectivity index (χ2v) is 14.2. The number of carbonyl (C=O) groups excluding carboxylic acids is 2. The lowest BCUT2D eigenvalue weighted by Gasteiger charge is -2.39. The number of benzene rings is 2. The van der Waals surface area contributed by atoms with Gasteiger partial charge in [0.15, 0.2) is 5.82 Å². The maximum absolute atomic E-state index is 13.9. The number of fused-ring (bicyclic) bond motifs is 2. The average molecular weight is 648 g/mol. The zero-order chi connectivity index (χ0) is 33.1. The zero-order valence-electron chi connectivity index (χ0n) is 28.5. The third-order valence-electron chi connectivity index (χ3n) is 10.8. The molecule has 1 aliphatic carbocycles. The summed E-state index contributed by atoms with van der Waals surface area (Å²) in [5.74, 6) is 3.16. The lowest BCUT2D eigenvalue weighted by atomic mass is 9.90. The molecule has 5 aromatic rings. The Labute approximate surface area is 281 Å². The number of piperidine rings is 1. The molecule has 0 spiro atoms. The van der Waals surface area contributed by atoms with Crippen LogP contribution >= 0.6 is 0 Å². The molecule has 3 aliphatic rings. The van der Waals surface area contributed by atoms with Gasteiger partial charge in [-0.05, 0) is 61.3 Å². The van der Waals surface area contributed by atoms with Crippen LogP contribution in [0.2, 0.25) is 0 Å². The summed E-state index contributed by atoms with van der Waals surface area (Å²) in [7, 11) is 3.61. The summed E-state index contributed by atoms with van der Waals surface area (Å²) < 4.78 is 12.6. The molecule has 2 aliphatic heterocycles. The van der Waals surface area contributed by atoms with Crippen molar-refractivity contribution in [2.45, 2.75) is 65.0 Å². The predicted octanol–water partition coefficient (Wildman–Crippen LogP) is 6.07. The van der Waals surface area contributed by atoms with E-state index >= 15 is 0 Å². The number of likely N-dealkylation sites (tertiary alicyclic amines) is 2. The van der Waals surface area contributed by atoms with E-state index in [4.69, 9.17) is 9.72 Å². The van der Waals surface area contributed by atoms with Gasteiger partial charge in [-0.2, -0.15) is 5.10 Å². The van der Waals surface area contributed by atoms with Gasteiger partial charge in [-0.1, -0.05) is 31.5 Å². The molecule has 250 valence electrons. The molecule has 1 atom stereocenters. The smallest absolute Gasteiger partial charge is 0.254 e. The van der Waals surface area contributed by atoms with E-state index in [1.807, 2.05) is 46.1 Å². The highest BCUT2D eigenvalue weighted by molar-refractivity contribution is 6.00. The van der Waals surface area contributed by atoms with Crippen LogP contribution in [0.15, 0.2) is 48.8 Å².